The molecule has 0 aliphatic heterocycles. The Morgan fingerprint density at radius 3 is 2.81 bits per heavy atom. The Morgan fingerprint density at radius 2 is 1.87 bits per heavy atom. The summed E-state index contributed by atoms with van der Waals surface area (Å²) in [5.74, 6) is 0.702. The zero-order chi connectivity index (χ0) is 21.2. The molecule has 0 aliphatic rings. The van der Waals surface area contributed by atoms with E-state index in [0.717, 1.165) is 44.2 Å². The lowest BCUT2D eigenvalue weighted by Crippen LogP contribution is -2.30. The number of aromatic amines is 1. The molecule has 3 heterocycles. The number of benzene rings is 2. The Hall–Kier alpha value is -3.77. The summed E-state index contributed by atoms with van der Waals surface area (Å²) in [6.07, 6.45) is 6.14. The van der Waals surface area contributed by atoms with Crippen LogP contribution in [0.5, 0.6) is 5.75 Å². The van der Waals surface area contributed by atoms with E-state index in [1.54, 1.807) is 6.20 Å². The highest BCUT2D eigenvalue weighted by atomic mass is 16.5. The monoisotopic (exact) mass is 409 g/mol. The Kier molecular flexibility index (Phi) is 5.06. The van der Waals surface area contributed by atoms with Crippen LogP contribution < -0.4 is 10.5 Å². The third kappa shape index (κ3) is 4.11. The van der Waals surface area contributed by atoms with Gasteiger partial charge in [-0.1, -0.05) is 24.3 Å². The molecule has 5 rings (SSSR count). The molecule has 31 heavy (non-hydrogen) atoms. The molecule has 0 saturated carbocycles. The first-order chi connectivity index (χ1) is 15.2. The fourth-order valence-electron chi connectivity index (χ4n) is 3.77. The maximum Gasteiger partial charge on any atom is 0.138 e. The quantitative estimate of drug-likeness (QED) is 0.433. The summed E-state index contributed by atoms with van der Waals surface area (Å²) in [5.41, 5.74) is 12.5. The number of aryl methyl sites for hydroxylation is 1. The first-order valence-corrected chi connectivity index (χ1v) is 10.3. The van der Waals surface area contributed by atoms with Crippen LogP contribution in [0.2, 0.25) is 0 Å². The zero-order valence-corrected chi connectivity index (χ0v) is 17.2. The van der Waals surface area contributed by atoms with Crippen LogP contribution in [-0.2, 0) is 6.42 Å². The van der Waals surface area contributed by atoms with Gasteiger partial charge in [0.25, 0.3) is 0 Å². The number of hydrogen-bond acceptors (Lipinski definition) is 5. The van der Waals surface area contributed by atoms with Gasteiger partial charge in [0.1, 0.15) is 12.4 Å². The van der Waals surface area contributed by atoms with Crippen molar-refractivity contribution in [1.29, 1.82) is 0 Å². The molecule has 3 N–H and O–H groups in total. The number of hydrogen-bond donors (Lipinski definition) is 2. The van der Waals surface area contributed by atoms with Crippen molar-refractivity contribution in [2.24, 2.45) is 5.73 Å². The van der Waals surface area contributed by atoms with Crippen LogP contribution in [0, 0.1) is 6.92 Å². The summed E-state index contributed by atoms with van der Waals surface area (Å²) >= 11 is 0. The number of rotatable bonds is 6. The minimum atomic E-state index is -0.142. The summed E-state index contributed by atoms with van der Waals surface area (Å²) in [7, 11) is 0. The molecule has 0 bridgehead atoms. The molecule has 6 heteroatoms. The van der Waals surface area contributed by atoms with Gasteiger partial charge in [-0.25, -0.2) is 0 Å². The predicted molar refractivity (Wildman–Crippen MR) is 123 cm³/mol. The average Bonchev–Trinajstić information content (AvgIpc) is 3.18. The molecule has 3 aromatic heterocycles. The number of nitrogens with zero attached hydrogens (tertiary/aromatic N) is 3. The number of H-pyrrole nitrogens is 1. The van der Waals surface area contributed by atoms with E-state index in [0.29, 0.717) is 18.8 Å². The Morgan fingerprint density at radius 1 is 0.968 bits per heavy atom. The lowest BCUT2D eigenvalue weighted by atomic mass is 10.0. The van der Waals surface area contributed by atoms with Crippen LogP contribution in [0.1, 0.15) is 11.3 Å². The van der Waals surface area contributed by atoms with Crippen molar-refractivity contribution in [1.82, 2.24) is 20.2 Å². The molecule has 0 radical (unpaired) electrons. The van der Waals surface area contributed by atoms with Crippen LogP contribution in [0.25, 0.3) is 32.9 Å². The first kappa shape index (κ1) is 19.2. The maximum absolute atomic E-state index is 6.33. The van der Waals surface area contributed by atoms with Gasteiger partial charge in [0.2, 0.25) is 0 Å². The second kappa shape index (κ2) is 8.16. The van der Waals surface area contributed by atoms with Crippen molar-refractivity contribution in [3.8, 4) is 16.9 Å². The number of pyridine rings is 2. The van der Waals surface area contributed by atoms with Gasteiger partial charge in [0.15, 0.2) is 0 Å². The smallest absolute Gasteiger partial charge is 0.138 e. The highest BCUT2D eigenvalue weighted by molar-refractivity contribution is 5.86. The van der Waals surface area contributed by atoms with Gasteiger partial charge < -0.3 is 10.5 Å². The molecule has 2 aromatic carbocycles. The minimum absolute atomic E-state index is 0.142. The van der Waals surface area contributed by atoms with Crippen molar-refractivity contribution in [3.05, 3.63) is 84.4 Å². The molecule has 5 aromatic rings. The van der Waals surface area contributed by atoms with Crippen molar-refractivity contribution in [2.45, 2.75) is 19.4 Å². The third-order valence-electron chi connectivity index (χ3n) is 5.40. The summed E-state index contributed by atoms with van der Waals surface area (Å²) in [6.45, 7) is 2.42. The lowest BCUT2D eigenvalue weighted by Gasteiger charge is -2.14. The number of nitrogens with two attached hydrogens (primary N) is 1. The Bertz CT molecular complexity index is 1360. The molecule has 1 atom stereocenters. The Labute approximate surface area is 180 Å². The standard InChI is InChI=1S/C25H23N5O/c1-16-23-11-18(6-7-25(23)30-29-16)20-10-22(14-27-13-20)31-15-21(26)9-17-8-19-4-2-3-5-24(19)28-12-17/h2-8,10-14,21H,9,15,26H2,1H3,(H,29,30)/t21-/m0/s1. The summed E-state index contributed by atoms with van der Waals surface area (Å²) in [4.78, 5) is 8.86. The van der Waals surface area contributed by atoms with Gasteiger partial charge in [0, 0.05) is 40.5 Å². The van der Waals surface area contributed by atoms with E-state index < -0.39 is 0 Å². The fraction of sp³-hybridized carbons (Fsp3) is 0.160. The number of nitrogens with one attached hydrogen (secondary N) is 1. The number of para-hydroxylation sites is 1. The molecule has 0 amide bonds. The number of aromatic nitrogens is 4. The Balaban J connectivity index is 1.27. The van der Waals surface area contributed by atoms with Gasteiger partial charge >= 0.3 is 0 Å². The molecule has 6 nitrogen and oxygen atoms in total. The van der Waals surface area contributed by atoms with Crippen molar-refractivity contribution >= 4 is 21.8 Å². The average molecular weight is 409 g/mol. The van der Waals surface area contributed by atoms with E-state index in [9.17, 15) is 0 Å². The van der Waals surface area contributed by atoms with Gasteiger partial charge in [-0.15, -0.1) is 0 Å². The molecule has 0 spiro atoms. The maximum atomic E-state index is 6.33. The molecule has 0 saturated heterocycles. The van der Waals surface area contributed by atoms with Gasteiger partial charge in [-0.2, -0.15) is 5.10 Å². The molecule has 0 aliphatic carbocycles. The zero-order valence-electron chi connectivity index (χ0n) is 17.2. The van der Waals surface area contributed by atoms with Crippen LogP contribution in [0.3, 0.4) is 0 Å². The highest BCUT2D eigenvalue weighted by Gasteiger charge is 2.09. The second-order valence-electron chi connectivity index (χ2n) is 7.80. The molecule has 154 valence electrons. The normalized spacial score (nSPS) is 12.3. The summed E-state index contributed by atoms with van der Waals surface area (Å²) in [5, 5.41) is 9.53. The SMILES string of the molecule is Cc1[nH]nc2ccc(-c3cncc(OC[C@@H](N)Cc4cnc5ccccc5c4)c3)cc12. The van der Waals surface area contributed by atoms with E-state index in [1.165, 1.54) is 0 Å². The van der Waals surface area contributed by atoms with Crippen LogP contribution >= 0.6 is 0 Å². The van der Waals surface area contributed by atoms with E-state index >= 15 is 0 Å². The molecule has 0 unspecified atom stereocenters. The van der Waals surface area contributed by atoms with E-state index in [-0.39, 0.29) is 6.04 Å². The summed E-state index contributed by atoms with van der Waals surface area (Å²) < 4.78 is 5.96. The van der Waals surface area contributed by atoms with Crippen molar-refractivity contribution in [3.63, 3.8) is 0 Å². The van der Waals surface area contributed by atoms with Crippen LogP contribution in [0.15, 0.2) is 73.2 Å². The van der Waals surface area contributed by atoms with Gasteiger partial charge in [-0.05, 0) is 54.8 Å². The highest BCUT2D eigenvalue weighted by Crippen LogP contribution is 2.27. The number of fused-ring (bicyclic) bond motifs is 2. The van der Waals surface area contributed by atoms with Crippen LogP contribution in [-0.4, -0.2) is 32.8 Å². The largest absolute Gasteiger partial charge is 0.490 e. The predicted octanol–water partition coefficient (Wildman–Crippen LogP) is 4.43. The minimum Gasteiger partial charge on any atom is -0.490 e. The number of ether oxygens (including phenoxy) is 1. The van der Waals surface area contributed by atoms with E-state index in [2.05, 4.69) is 38.4 Å². The third-order valence-corrected chi connectivity index (χ3v) is 5.40. The second-order valence-corrected chi connectivity index (χ2v) is 7.80. The van der Waals surface area contributed by atoms with Crippen molar-refractivity contribution in [2.75, 3.05) is 6.61 Å². The summed E-state index contributed by atoms with van der Waals surface area (Å²) in [6, 6.07) is 18.2. The lowest BCUT2D eigenvalue weighted by molar-refractivity contribution is 0.286. The first-order valence-electron chi connectivity index (χ1n) is 10.3. The molecule has 0 fully saturated rings. The fourth-order valence-corrected chi connectivity index (χ4v) is 3.77. The van der Waals surface area contributed by atoms with Gasteiger partial charge in [0.05, 0.1) is 17.2 Å². The van der Waals surface area contributed by atoms with Crippen molar-refractivity contribution < 1.29 is 4.74 Å². The van der Waals surface area contributed by atoms with Crippen LogP contribution in [0.4, 0.5) is 0 Å². The topological polar surface area (TPSA) is 89.7 Å². The molecular formula is C25H23N5O. The van der Waals surface area contributed by atoms with E-state index in [4.69, 9.17) is 10.5 Å². The van der Waals surface area contributed by atoms with E-state index in [1.807, 2.05) is 55.7 Å². The molecular weight excluding hydrogens is 386 g/mol. The van der Waals surface area contributed by atoms with Gasteiger partial charge in [-0.3, -0.25) is 15.1 Å².